The molecule has 5 nitrogen and oxygen atoms in total. The van der Waals surface area contributed by atoms with Crippen molar-refractivity contribution < 1.29 is 14.3 Å². The van der Waals surface area contributed by atoms with E-state index in [1.54, 1.807) is 36.6 Å². The first-order chi connectivity index (χ1) is 10.3. The Bertz CT molecular complexity index is 887. The molecule has 0 atom stereocenters. The Hall–Kier alpha value is -2.47. The fourth-order valence-corrected chi connectivity index (χ4v) is 2.63. The van der Waals surface area contributed by atoms with Crippen LogP contribution < -0.4 is 4.74 Å². The van der Waals surface area contributed by atoms with Crippen LogP contribution in [-0.2, 0) is 4.79 Å². The maximum atomic E-state index is 12.5. The summed E-state index contributed by atoms with van der Waals surface area (Å²) in [5, 5.41) is 0. The highest BCUT2D eigenvalue weighted by molar-refractivity contribution is 7.71. The van der Waals surface area contributed by atoms with Gasteiger partial charge in [-0.1, -0.05) is 19.2 Å². The Morgan fingerprint density at radius 2 is 1.77 bits per heavy atom. The van der Waals surface area contributed by atoms with Gasteiger partial charge in [0.25, 0.3) is 5.91 Å². The largest absolute Gasteiger partial charge is 0.424 e. The number of allylic oxidation sites excluding steroid dienone is 2. The van der Waals surface area contributed by atoms with E-state index in [-0.39, 0.29) is 16.4 Å². The zero-order valence-corrected chi connectivity index (χ0v) is 13.5. The highest BCUT2D eigenvalue weighted by Crippen LogP contribution is 2.30. The molecule has 0 unspecified atom stereocenters. The van der Waals surface area contributed by atoms with Crippen molar-refractivity contribution in [3.8, 4) is 5.75 Å². The van der Waals surface area contributed by atoms with Gasteiger partial charge in [0.05, 0.1) is 5.52 Å². The van der Waals surface area contributed by atoms with Crippen molar-refractivity contribution in [3.63, 3.8) is 0 Å². The van der Waals surface area contributed by atoms with Crippen molar-refractivity contribution in [2.45, 2.75) is 20.8 Å². The third kappa shape index (κ3) is 2.53. The molecule has 114 valence electrons. The molecule has 0 bridgehead atoms. The van der Waals surface area contributed by atoms with Crippen molar-refractivity contribution in [1.29, 1.82) is 0 Å². The number of carbonyl (C=O) groups excluding carboxylic acids is 2. The van der Waals surface area contributed by atoms with Crippen LogP contribution in [0.15, 0.2) is 36.9 Å². The van der Waals surface area contributed by atoms with Crippen LogP contribution in [0.25, 0.3) is 16.7 Å². The summed E-state index contributed by atoms with van der Waals surface area (Å²) >= 11 is 5.40. The van der Waals surface area contributed by atoms with E-state index in [2.05, 4.69) is 13.2 Å². The summed E-state index contributed by atoms with van der Waals surface area (Å²) in [5.41, 5.74) is 2.06. The van der Waals surface area contributed by atoms with Crippen molar-refractivity contribution in [1.82, 2.24) is 9.13 Å². The van der Waals surface area contributed by atoms with Gasteiger partial charge in [-0.3, -0.25) is 14.2 Å². The zero-order valence-electron chi connectivity index (χ0n) is 12.7. The van der Waals surface area contributed by atoms with Gasteiger partial charge < -0.3 is 4.74 Å². The average Bonchev–Trinajstić information content (AvgIpc) is 2.70. The number of hydrogen-bond donors (Lipinski definition) is 0. The van der Waals surface area contributed by atoms with Crippen LogP contribution in [0.1, 0.15) is 25.6 Å². The van der Waals surface area contributed by atoms with Crippen molar-refractivity contribution >= 4 is 40.8 Å². The minimum Gasteiger partial charge on any atom is -0.424 e. The van der Waals surface area contributed by atoms with Crippen molar-refractivity contribution in [2.24, 2.45) is 0 Å². The molecule has 1 aromatic heterocycles. The summed E-state index contributed by atoms with van der Waals surface area (Å²) in [4.78, 5) is 23.8. The molecule has 2 aromatic rings. The number of nitrogens with zero attached hydrogens (tertiary/aromatic N) is 2. The number of rotatable bonds is 3. The second kappa shape index (κ2) is 5.73. The number of imidazole rings is 1. The van der Waals surface area contributed by atoms with Gasteiger partial charge in [0.2, 0.25) is 0 Å². The Balaban J connectivity index is 2.98. The predicted molar refractivity (Wildman–Crippen MR) is 88.5 cm³/mol. The molecule has 0 radical (unpaired) electrons. The monoisotopic (exact) mass is 316 g/mol. The number of ether oxygens (including phenoxy) is 1. The molecule has 6 heteroatoms. The molecule has 0 spiro atoms. The molecule has 0 amide bonds. The van der Waals surface area contributed by atoms with Gasteiger partial charge in [0.15, 0.2) is 10.5 Å². The first kappa shape index (κ1) is 15.9. The second-order valence-electron chi connectivity index (χ2n) is 4.99. The van der Waals surface area contributed by atoms with E-state index in [0.29, 0.717) is 22.3 Å². The van der Waals surface area contributed by atoms with Crippen LogP contribution in [0, 0.1) is 4.77 Å². The first-order valence-corrected chi connectivity index (χ1v) is 6.97. The number of esters is 1. The zero-order chi connectivity index (χ0) is 16.6. The summed E-state index contributed by atoms with van der Waals surface area (Å²) in [5.74, 6) is -0.559. The summed E-state index contributed by atoms with van der Waals surface area (Å²) in [6.07, 6.45) is 0. The molecule has 0 aliphatic carbocycles. The molecule has 22 heavy (non-hydrogen) atoms. The van der Waals surface area contributed by atoms with Gasteiger partial charge in [0, 0.05) is 18.2 Å². The lowest BCUT2D eigenvalue weighted by Gasteiger charge is -2.07. The lowest BCUT2D eigenvalue weighted by atomic mass is 10.2. The second-order valence-corrected chi connectivity index (χ2v) is 5.36. The van der Waals surface area contributed by atoms with Crippen LogP contribution in [0.2, 0.25) is 0 Å². The Labute approximate surface area is 133 Å². The number of para-hydroxylation sites is 1. The topological polar surface area (TPSA) is 53.2 Å². The minimum absolute atomic E-state index is 0.259. The van der Waals surface area contributed by atoms with E-state index in [9.17, 15) is 9.59 Å². The van der Waals surface area contributed by atoms with E-state index < -0.39 is 5.97 Å². The summed E-state index contributed by atoms with van der Waals surface area (Å²) in [6, 6.07) is 5.13. The lowest BCUT2D eigenvalue weighted by Crippen LogP contribution is -2.13. The first-order valence-electron chi connectivity index (χ1n) is 6.56. The molecular weight excluding hydrogens is 300 g/mol. The fourth-order valence-electron chi connectivity index (χ4n) is 2.20. The Morgan fingerprint density at radius 1 is 1.14 bits per heavy atom. The molecule has 0 aliphatic rings. The van der Waals surface area contributed by atoms with Crippen LogP contribution in [0.4, 0.5) is 0 Å². The highest BCUT2D eigenvalue weighted by Gasteiger charge is 2.21. The number of carbonyl (C=O) groups is 2. The molecule has 1 heterocycles. The Morgan fingerprint density at radius 3 is 2.27 bits per heavy atom. The number of benzene rings is 1. The highest BCUT2D eigenvalue weighted by atomic mass is 32.1. The predicted octanol–water partition coefficient (Wildman–Crippen LogP) is 3.80. The average molecular weight is 316 g/mol. The smallest absolute Gasteiger partial charge is 0.308 e. The fraction of sp³-hybridized carbons (Fsp3) is 0.188. The summed E-state index contributed by atoms with van der Waals surface area (Å²) in [6.45, 7) is 12.2. The standard InChI is InChI=1S/C16H16N2O3S/c1-9(2)15(20)18-14-12(17(10(3)4)16(18)22)7-6-8-13(14)21-11(5)19/h6-8H,1,3H2,2,4-5H3. The molecule has 0 fully saturated rings. The van der Waals surface area contributed by atoms with E-state index in [1.165, 1.54) is 11.5 Å². The molecule has 0 N–H and O–H groups in total. The SMILES string of the molecule is C=C(C)C(=O)n1c(=S)n(C(=C)C)c2cccc(OC(C)=O)c21. The van der Waals surface area contributed by atoms with Crippen LogP contribution in [0.3, 0.4) is 0 Å². The maximum absolute atomic E-state index is 12.5. The Kier molecular flexibility index (Phi) is 4.14. The third-order valence-corrected chi connectivity index (χ3v) is 3.39. The molecule has 1 aromatic carbocycles. The number of fused-ring (bicyclic) bond motifs is 1. The quantitative estimate of drug-likeness (QED) is 0.374. The van der Waals surface area contributed by atoms with E-state index in [1.807, 2.05) is 0 Å². The lowest BCUT2D eigenvalue weighted by molar-refractivity contribution is -0.131. The molecule has 2 rings (SSSR count). The van der Waals surface area contributed by atoms with E-state index in [0.717, 1.165) is 0 Å². The van der Waals surface area contributed by atoms with E-state index in [4.69, 9.17) is 17.0 Å². The minimum atomic E-state index is -0.476. The number of hydrogen-bond acceptors (Lipinski definition) is 4. The van der Waals surface area contributed by atoms with Crippen LogP contribution in [-0.4, -0.2) is 21.0 Å². The summed E-state index contributed by atoms with van der Waals surface area (Å²) in [7, 11) is 0. The normalized spacial score (nSPS) is 10.5. The van der Waals surface area contributed by atoms with Gasteiger partial charge >= 0.3 is 5.97 Å². The number of aromatic nitrogens is 2. The van der Waals surface area contributed by atoms with Gasteiger partial charge in [-0.15, -0.1) is 0 Å². The third-order valence-electron chi connectivity index (χ3n) is 3.03. The van der Waals surface area contributed by atoms with Gasteiger partial charge in [-0.25, -0.2) is 4.57 Å². The molecular formula is C16H16N2O3S. The van der Waals surface area contributed by atoms with Crippen LogP contribution in [0.5, 0.6) is 5.75 Å². The molecule has 0 saturated heterocycles. The maximum Gasteiger partial charge on any atom is 0.308 e. The van der Waals surface area contributed by atoms with Gasteiger partial charge in [0.1, 0.15) is 5.52 Å². The van der Waals surface area contributed by atoms with E-state index >= 15 is 0 Å². The van der Waals surface area contributed by atoms with Gasteiger partial charge in [-0.2, -0.15) is 0 Å². The molecule has 0 aliphatic heterocycles. The van der Waals surface area contributed by atoms with Crippen molar-refractivity contribution in [2.75, 3.05) is 0 Å². The van der Waals surface area contributed by atoms with Gasteiger partial charge in [-0.05, 0) is 38.2 Å². The molecule has 0 saturated carbocycles. The van der Waals surface area contributed by atoms with Crippen LogP contribution >= 0.6 is 12.2 Å². The van der Waals surface area contributed by atoms with Crippen molar-refractivity contribution in [3.05, 3.63) is 41.7 Å². The summed E-state index contributed by atoms with van der Waals surface area (Å²) < 4.78 is 8.46.